The Hall–Kier alpha value is -1.13. The number of rotatable bonds is 5. The van der Waals surface area contributed by atoms with Crippen LogP contribution in [0.3, 0.4) is 0 Å². The van der Waals surface area contributed by atoms with Crippen molar-refractivity contribution >= 4 is 11.3 Å². The van der Waals surface area contributed by atoms with Crippen molar-refractivity contribution in [2.24, 2.45) is 5.92 Å². The number of nitrogens with zero attached hydrogens (tertiary/aromatic N) is 1. The molecule has 2 aromatic heterocycles. The van der Waals surface area contributed by atoms with E-state index in [9.17, 15) is 0 Å². The molecule has 0 bridgehead atoms. The summed E-state index contributed by atoms with van der Waals surface area (Å²) in [5, 5.41) is 6.37. The molecule has 0 aromatic carbocycles. The summed E-state index contributed by atoms with van der Waals surface area (Å²) in [5.74, 6) is 3.46. The quantitative estimate of drug-likeness (QED) is 0.894. The lowest BCUT2D eigenvalue weighted by Crippen LogP contribution is -2.11. The Bertz CT molecular complexity index is 531. The molecule has 0 spiro atoms. The van der Waals surface area contributed by atoms with Crippen LogP contribution in [0, 0.1) is 5.92 Å². The Kier molecular flexibility index (Phi) is 3.22. The highest BCUT2D eigenvalue weighted by Crippen LogP contribution is 2.48. The van der Waals surface area contributed by atoms with Gasteiger partial charge in [0, 0.05) is 17.8 Å². The first-order valence-corrected chi connectivity index (χ1v) is 7.41. The SMILES string of the molecule is CCNCc1csc(-c2ccc(C3CC3C)o2)n1. The third kappa shape index (κ3) is 2.35. The van der Waals surface area contributed by atoms with Gasteiger partial charge in [-0.3, -0.25) is 0 Å². The number of furan rings is 1. The first kappa shape index (κ1) is 11.9. The van der Waals surface area contributed by atoms with Crippen LogP contribution in [0.25, 0.3) is 10.8 Å². The van der Waals surface area contributed by atoms with Crippen LogP contribution in [0.15, 0.2) is 21.9 Å². The van der Waals surface area contributed by atoms with Crippen LogP contribution in [0.5, 0.6) is 0 Å². The van der Waals surface area contributed by atoms with Gasteiger partial charge in [-0.05, 0) is 31.0 Å². The molecule has 1 N–H and O–H groups in total. The van der Waals surface area contributed by atoms with Crippen molar-refractivity contribution < 1.29 is 4.42 Å². The summed E-state index contributed by atoms with van der Waals surface area (Å²) in [7, 11) is 0. The molecule has 1 saturated carbocycles. The smallest absolute Gasteiger partial charge is 0.162 e. The predicted octanol–water partition coefficient (Wildman–Crippen LogP) is 3.64. The topological polar surface area (TPSA) is 38.1 Å². The second-order valence-electron chi connectivity index (χ2n) is 4.95. The van der Waals surface area contributed by atoms with E-state index >= 15 is 0 Å². The molecular weight excluding hydrogens is 244 g/mol. The average molecular weight is 262 g/mol. The Morgan fingerprint density at radius 3 is 3.06 bits per heavy atom. The molecule has 4 heteroatoms. The summed E-state index contributed by atoms with van der Waals surface area (Å²) >= 11 is 1.65. The molecule has 1 aliphatic carbocycles. The summed E-state index contributed by atoms with van der Waals surface area (Å²) in [4.78, 5) is 4.59. The fraction of sp³-hybridized carbons (Fsp3) is 0.500. The van der Waals surface area contributed by atoms with Crippen molar-refractivity contribution in [1.82, 2.24) is 10.3 Å². The summed E-state index contributed by atoms with van der Waals surface area (Å²) in [5.41, 5.74) is 1.09. The Morgan fingerprint density at radius 1 is 1.50 bits per heavy atom. The fourth-order valence-corrected chi connectivity index (χ4v) is 2.92. The molecule has 18 heavy (non-hydrogen) atoms. The van der Waals surface area contributed by atoms with E-state index < -0.39 is 0 Å². The maximum absolute atomic E-state index is 5.91. The van der Waals surface area contributed by atoms with Crippen LogP contribution in [-0.4, -0.2) is 11.5 Å². The van der Waals surface area contributed by atoms with Gasteiger partial charge in [-0.2, -0.15) is 0 Å². The van der Waals surface area contributed by atoms with E-state index in [2.05, 4.69) is 41.7 Å². The molecule has 0 saturated heterocycles. The molecule has 0 aliphatic heterocycles. The average Bonchev–Trinajstić information content (AvgIpc) is 2.86. The van der Waals surface area contributed by atoms with Crippen LogP contribution in [0.1, 0.15) is 37.6 Å². The van der Waals surface area contributed by atoms with Crippen molar-refractivity contribution in [1.29, 1.82) is 0 Å². The lowest BCUT2D eigenvalue weighted by molar-refractivity contribution is 0.518. The van der Waals surface area contributed by atoms with E-state index in [1.54, 1.807) is 11.3 Å². The number of hydrogen-bond donors (Lipinski definition) is 1. The number of aromatic nitrogens is 1. The normalized spacial score (nSPS) is 22.3. The van der Waals surface area contributed by atoms with Gasteiger partial charge in [0.25, 0.3) is 0 Å². The highest BCUT2D eigenvalue weighted by molar-refractivity contribution is 7.13. The van der Waals surface area contributed by atoms with Crippen molar-refractivity contribution in [2.45, 2.75) is 32.7 Å². The zero-order chi connectivity index (χ0) is 12.5. The maximum Gasteiger partial charge on any atom is 0.162 e. The van der Waals surface area contributed by atoms with Crippen LogP contribution >= 0.6 is 11.3 Å². The maximum atomic E-state index is 5.91. The Morgan fingerprint density at radius 2 is 2.33 bits per heavy atom. The largest absolute Gasteiger partial charge is 0.458 e. The van der Waals surface area contributed by atoms with Gasteiger partial charge in [-0.15, -0.1) is 11.3 Å². The highest BCUT2D eigenvalue weighted by atomic mass is 32.1. The van der Waals surface area contributed by atoms with Gasteiger partial charge >= 0.3 is 0 Å². The van der Waals surface area contributed by atoms with Crippen LogP contribution in [0.4, 0.5) is 0 Å². The molecule has 96 valence electrons. The molecule has 1 fully saturated rings. The molecule has 2 aromatic rings. The molecule has 2 unspecified atom stereocenters. The third-order valence-electron chi connectivity index (χ3n) is 3.42. The molecular formula is C14H18N2OS. The standard InChI is InChI=1S/C14H18N2OS/c1-3-15-7-10-8-18-14(16-10)13-5-4-12(17-13)11-6-9(11)2/h4-5,8-9,11,15H,3,6-7H2,1-2H3. The van der Waals surface area contributed by atoms with Gasteiger partial charge < -0.3 is 9.73 Å². The predicted molar refractivity (Wildman–Crippen MR) is 73.7 cm³/mol. The van der Waals surface area contributed by atoms with Crippen LogP contribution in [-0.2, 0) is 6.54 Å². The summed E-state index contributed by atoms with van der Waals surface area (Å²) in [6, 6.07) is 4.16. The van der Waals surface area contributed by atoms with Gasteiger partial charge in [0.1, 0.15) is 5.76 Å². The first-order valence-electron chi connectivity index (χ1n) is 6.53. The van der Waals surface area contributed by atoms with Crippen molar-refractivity contribution in [3.05, 3.63) is 29.0 Å². The Labute approximate surface area is 111 Å². The fourth-order valence-electron chi connectivity index (χ4n) is 2.14. The zero-order valence-corrected chi connectivity index (χ0v) is 11.6. The molecule has 3 nitrogen and oxygen atoms in total. The molecule has 2 heterocycles. The second-order valence-corrected chi connectivity index (χ2v) is 5.80. The number of nitrogens with one attached hydrogen (secondary N) is 1. The first-order chi connectivity index (χ1) is 8.78. The highest BCUT2D eigenvalue weighted by Gasteiger charge is 2.36. The van der Waals surface area contributed by atoms with E-state index in [-0.39, 0.29) is 0 Å². The third-order valence-corrected chi connectivity index (χ3v) is 4.33. The van der Waals surface area contributed by atoms with Gasteiger partial charge in [-0.25, -0.2) is 4.98 Å². The van der Waals surface area contributed by atoms with Gasteiger partial charge in [-0.1, -0.05) is 13.8 Å². The minimum atomic E-state index is 0.639. The minimum absolute atomic E-state index is 0.639. The van der Waals surface area contributed by atoms with Crippen molar-refractivity contribution in [3.8, 4) is 10.8 Å². The van der Waals surface area contributed by atoms with E-state index in [4.69, 9.17) is 4.42 Å². The van der Waals surface area contributed by atoms with E-state index in [0.717, 1.165) is 41.2 Å². The molecule has 0 amide bonds. The summed E-state index contributed by atoms with van der Waals surface area (Å²) in [6.45, 7) is 6.17. The summed E-state index contributed by atoms with van der Waals surface area (Å²) < 4.78 is 5.91. The van der Waals surface area contributed by atoms with Crippen LogP contribution in [0.2, 0.25) is 0 Å². The van der Waals surface area contributed by atoms with E-state index in [1.807, 2.05) is 0 Å². The zero-order valence-electron chi connectivity index (χ0n) is 10.8. The van der Waals surface area contributed by atoms with Crippen LogP contribution < -0.4 is 5.32 Å². The van der Waals surface area contributed by atoms with Gasteiger partial charge in [0.05, 0.1) is 5.69 Å². The van der Waals surface area contributed by atoms with Crippen molar-refractivity contribution in [3.63, 3.8) is 0 Å². The molecule has 3 rings (SSSR count). The molecule has 0 radical (unpaired) electrons. The van der Waals surface area contributed by atoms with Crippen molar-refractivity contribution in [2.75, 3.05) is 6.54 Å². The molecule has 1 aliphatic rings. The minimum Gasteiger partial charge on any atom is -0.458 e. The number of hydrogen-bond acceptors (Lipinski definition) is 4. The monoisotopic (exact) mass is 262 g/mol. The lowest BCUT2D eigenvalue weighted by atomic mass is 10.3. The number of thiazole rings is 1. The van der Waals surface area contributed by atoms with Gasteiger partial charge in [0.15, 0.2) is 10.8 Å². The lowest BCUT2D eigenvalue weighted by Gasteiger charge is -1.95. The van der Waals surface area contributed by atoms with Gasteiger partial charge in [0.2, 0.25) is 0 Å². The Balaban J connectivity index is 1.73. The second kappa shape index (κ2) is 4.86. The summed E-state index contributed by atoms with van der Waals surface area (Å²) in [6.07, 6.45) is 1.26. The van der Waals surface area contributed by atoms with E-state index in [0.29, 0.717) is 5.92 Å². The van der Waals surface area contributed by atoms with E-state index in [1.165, 1.54) is 6.42 Å². The molecule has 2 atom stereocenters.